The molecule has 1 atom stereocenters. The molecule has 2 amide bonds. The van der Waals surface area contributed by atoms with E-state index in [1.807, 2.05) is 4.90 Å². The van der Waals surface area contributed by atoms with E-state index in [1.54, 1.807) is 0 Å². The van der Waals surface area contributed by atoms with E-state index < -0.39 is 0 Å². The Hall–Kier alpha value is -1.14. The normalized spacial score (nSPS) is 18.2. The molecule has 0 aromatic carbocycles. The predicted octanol–water partition coefficient (Wildman–Crippen LogP) is 0.0893. The third kappa shape index (κ3) is 5.16. The average molecular weight is 270 g/mol. The van der Waals surface area contributed by atoms with Gasteiger partial charge in [-0.3, -0.25) is 19.9 Å². The van der Waals surface area contributed by atoms with Crippen LogP contribution in [0.25, 0.3) is 0 Å². The van der Waals surface area contributed by atoms with Crippen molar-refractivity contribution >= 4 is 11.8 Å². The second kappa shape index (κ2) is 8.12. The van der Waals surface area contributed by atoms with Gasteiger partial charge in [0.15, 0.2) is 0 Å². The number of piperazine rings is 1. The Morgan fingerprint density at radius 2 is 1.84 bits per heavy atom. The van der Waals surface area contributed by atoms with Crippen molar-refractivity contribution in [3.05, 3.63) is 0 Å². The third-order valence-corrected chi connectivity index (χ3v) is 3.84. The first-order valence-corrected chi connectivity index (χ1v) is 7.09. The minimum absolute atomic E-state index is 0.147. The Kier molecular flexibility index (Phi) is 6.80. The van der Waals surface area contributed by atoms with E-state index in [0.717, 1.165) is 32.6 Å². The maximum absolute atomic E-state index is 12.0. The third-order valence-electron chi connectivity index (χ3n) is 3.84. The van der Waals surface area contributed by atoms with Crippen molar-refractivity contribution in [1.82, 2.24) is 15.2 Å². The molecular formula is C13H26N4O2. The summed E-state index contributed by atoms with van der Waals surface area (Å²) in [6.45, 7) is 7.90. The summed E-state index contributed by atoms with van der Waals surface area (Å²) in [6, 6.07) is 0.588. The van der Waals surface area contributed by atoms with E-state index in [1.165, 1.54) is 0 Å². The highest BCUT2D eigenvalue weighted by atomic mass is 16.2. The fraction of sp³-hybridized carbons (Fsp3) is 0.846. The lowest BCUT2D eigenvalue weighted by Crippen LogP contribution is -2.51. The summed E-state index contributed by atoms with van der Waals surface area (Å²) in [5, 5.41) is 0. The lowest BCUT2D eigenvalue weighted by molar-refractivity contribution is -0.133. The van der Waals surface area contributed by atoms with Gasteiger partial charge in [-0.2, -0.15) is 0 Å². The molecule has 1 aliphatic rings. The highest BCUT2D eigenvalue weighted by Gasteiger charge is 2.22. The molecule has 1 saturated heterocycles. The van der Waals surface area contributed by atoms with Crippen molar-refractivity contribution in [1.29, 1.82) is 0 Å². The number of hydrazine groups is 1. The Morgan fingerprint density at radius 3 is 2.37 bits per heavy atom. The number of hydrogen-bond acceptors (Lipinski definition) is 4. The maximum Gasteiger partial charge on any atom is 0.233 e. The van der Waals surface area contributed by atoms with Crippen LogP contribution in [-0.2, 0) is 9.59 Å². The zero-order valence-electron chi connectivity index (χ0n) is 12.0. The lowest BCUT2D eigenvalue weighted by Gasteiger charge is -2.37. The van der Waals surface area contributed by atoms with Crippen molar-refractivity contribution in [3.8, 4) is 0 Å². The Morgan fingerprint density at radius 1 is 1.21 bits per heavy atom. The van der Waals surface area contributed by atoms with Crippen LogP contribution in [-0.4, -0.2) is 53.8 Å². The second-order valence-electron chi connectivity index (χ2n) is 5.10. The van der Waals surface area contributed by atoms with Crippen LogP contribution in [0.3, 0.4) is 0 Å². The molecule has 0 aromatic heterocycles. The van der Waals surface area contributed by atoms with E-state index >= 15 is 0 Å². The molecular weight excluding hydrogens is 244 g/mol. The number of carbonyl (C=O) groups is 2. The van der Waals surface area contributed by atoms with Gasteiger partial charge >= 0.3 is 0 Å². The van der Waals surface area contributed by atoms with Crippen LogP contribution in [0.15, 0.2) is 0 Å². The molecule has 6 nitrogen and oxygen atoms in total. The first-order chi connectivity index (χ1) is 9.08. The summed E-state index contributed by atoms with van der Waals surface area (Å²) in [5.74, 6) is 4.92. The zero-order valence-corrected chi connectivity index (χ0v) is 12.0. The quantitative estimate of drug-likeness (QED) is 0.407. The summed E-state index contributed by atoms with van der Waals surface area (Å²) in [5.41, 5.74) is 2.07. The molecule has 1 rings (SSSR count). The summed E-state index contributed by atoms with van der Waals surface area (Å²) >= 11 is 0. The summed E-state index contributed by atoms with van der Waals surface area (Å²) in [7, 11) is 0. The number of amides is 2. The summed E-state index contributed by atoms with van der Waals surface area (Å²) in [4.78, 5) is 27.2. The molecule has 1 aliphatic heterocycles. The van der Waals surface area contributed by atoms with E-state index in [-0.39, 0.29) is 11.8 Å². The number of rotatable bonds is 6. The van der Waals surface area contributed by atoms with Gasteiger partial charge in [0.2, 0.25) is 11.8 Å². The SMILES string of the molecule is CCC(C)N1CCN(C(=O)CCCC(=O)NN)CC1. The minimum atomic E-state index is -0.214. The molecule has 1 unspecified atom stereocenters. The van der Waals surface area contributed by atoms with Crippen molar-refractivity contribution in [3.63, 3.8) is 0 Å². The molecule has 0 radical (unpaired) electrons. The fourth-order valence-corrected chi connectivity index (χ4v) is 2.30. The molecule has 19 heavy (non-hydrogen) atoms. The Balaban J connectivity index is 2.23. The van der Waals surface area contributed by atoms with Crippen LogP contribution in [0.2, 0.25) is 0 Å². The van der Waals surface area contributed by atoms with Gasteiger partial charge in [-0.25, -0.2) is 5.84 Å². The number of nitrogens with zero attached hydrogens (tertiary/aromatic N) is 2. The van der Waals surface area contributed by atoms with Crippen molar-refractivity contribution in [2.45, 2.75) is 45.6 Å². The van der Waals surface area contributed by atoms with Crippen LogP contribution < -0.4 is 11.3 Å². The fourth-order valence-electron chi connectivity index (χ4n) is 2.30. The monoisotopic (exact) mass is 270 g/mol. The van der Waals surface area contributed by atoms with Gasteiger partial charge in [0.25, 0.3) is 0 Å². The van der Waals surface area contributed by atoms with Gasteiger partial charge in [-0.15, -0.1) is 0 Å². The van der Waals surface area contributed by atoms with Crippen LogP contribution in [0.4, 0.5) is 0 Å². The van der Waals surface area contributed by atoms with Crippen LogP contribution in [0, 0.1) is 0 Å². The van der Waals surface area contributed by atoms with Crippen LogP contribution in [0.5, 0.6) is 0 Å². The van der Waals surface area contributed by atoms with E-state index in [0.29, 0.717) is 25.3 Å². The number of hydrogen-bond donors (Lipinski definition) is 2. The molecule has 0 spiro atoms. The number of carbonyl (C=O) groups excluding carboxylic acids is 2. The summed E-state index contributed by atoms with van der Waals surface area (Å²) < 4.78 is 0. The highest BCUT2D eigenvalue weighted by molar-refractivity contribution is 5.78. The first kappa shape index (κ1) is 15.9. The largest absolute Gasteiger partial charge is 0.340 e. The van der Waals surface area contributed by atoms with E-state index in [2.05, 4.69) is 24.2 Å². The van der Waals surface area contributed by atoms with Gasteiger partial charge in [-0.05, 0) is 19.8 Å². The smallest absolute Gasteiger partial charge is 0.233 e. The lowest BCUT2D eigenvalue weighted by atomic mass is 10.1. The van der Waals surface area contributed by atoms with Gasteiger partial charge in [-0.1, -0.05) is 6.92 Å². The van der Waals surface area contributed by atoms with E-state index in [9.17, 15) is 9.59 Å². The summed E-state index contributed by atoms with van der Waals surface area (Å²) in [6.07, 6.45) is 2.45. The molecule has 0 aliphatic carbocycles. The zero-order chi connectivity index (χ0) is 14.3. The molecule has 3 N–H and O–H groups in total. The van der Waals surface area contributed by atoms with Crippen molar-refractivity contribution in [2.75, 3.05) is 26.2 Å². The Bertz CT molecular complexity index is 301. The standard InChI is InChI=1S/C13H26N4O2/c1-3-11(2)16-7-9-17(10-8-16)13(19)6-4-5-12(18)15-14/h11H,3-10,14H2,1-2H3,(H,15,18). The number of nitrogens with two attached hydrogens (primary N) is 1. The molecule has 1 fully saturated rings. The molecule has 0 aromatic rings. The number of nitrogens with one attached hydrogen (secondary N) is 1. The molecule has 6 heteroatoms. The molecule has 110 valence electrons. The van der Waals surface area contributed by atoms with Gasteiger partial charge in [0.05, 0.1) is 0 Å². The Labute approximate surface area is 115 Å². The van der Waals surface area contributed by atoms with Gasteiger partial charge in [0, 0.05) is 45.1 Å². The van der Waals surface area contributed by atoms with Crippen LogP contribution in [0.1, 0.15) is 39.5 Å². The predicted molar refractivity (Wildman–Crippen MR) is 74.1 cm³/mol. The van der Waals surface area contributed by atoms with Crippen LogP contribution >= 0.6 is 0 Å². The first-order valence-electron chi connectivity index (χ1n) is 7.09. The molecule has 0 bridgehead atoms. The highest BCUT2D eigenvalue weighted by Crippen LogP contribution is 2.10. The van der Waals surface area contributed by atoms with E-state index in [4.69, 9.17) is 5.84 Å². The van der Waals surface area contributed by atoms with Gasteiger partial charge in [0.1, 0.15) is 0 Å². The molecule has 0 saturated carbocycles. The topological polar surface area (TPSA) is 78.7 Å². The van der Waals surface area contributed by atoms with Crippen molar-refractivity contribution < 1.29 is 9.59 Å². The minimum Gasteiger partial charge on any atom is -0.340 e. The average Bonchev–Trinajstić information content (AvgIpc) is 2.46. The van der Waals surface area contributed by atoms with Gasteiger partial charge < -0.3 is 4.90 Å². The molecule has 1 heterocycles. The van der Waals surface area contributed by atoms with Crippen molar-refractivity contribution in [2.24, 2.45) is 5.84 Å². The maximum atomic E-state index is 12.0. The second-order valence-corrected chi connectivity index (χ2v) is 5.10.